The maximum atomic E-state index is 10.3. The minimum atomic E-state index is -0.820. The van der Waals surface area contributed by atoms with Crippen molar-refractivity contribution in [2.24, 2.45) is 0 Å². The molecule has 0 radical (unpaired) electrons. The molecule has 0 aliphatic carbocycles. The molecule has 0 saturated heterocycles. The summed E-state index contributed by atoms with van der Waals surface area (Å²) in [6.45, 7) is 4.69. The van der Waals surface area contributed by atoms with E-state index in [2.05, 4.69) is 50.2 Å². The summed E-state index contributed by atoms with van der Waals surface area (Å²) in [4.78, 5) is 0. The number of benzene rings is 4. The van der Waals surface area contributed by atoms with Crippen molar-refractivity contribution >= 4 is 0 Å². The van der Waals surface area contributed by atoms with Crippen LogP contribution in [0.3, 0.4) is 0 Å². The summed E-state index contributed by atoms with van der Waals surface area (Å²) in [6.07, 6.45) is 0.194. The molecule has 0 aliphatic heterocycles. The Morgan fingerprint density at radius 2 is 0.800 bits per heavy atom. The van der Waals surface area contributed by atoms with E-state index in [1.54, 1.807) is 14.2 Å². The Morgan fingerprint density at radius 1 is 0.467 bits per heavy atom. The highest BCUT2D eigenvalue weighted by atomic mass is 16.5. The molecule has 7 nitrogen and oxygen atoms in total. The first kappa shape index (κ1) is 33.8. The van der Waals surface area contributed by atoms with Gasteiger partial charge in [0.25, 0.3) is 0 Å². The molecule has 0 aromatic heterocycles. The fourth-order valence-corrected chi connectivity index (χ4v) is 5.07. The van der Waals surface area contributed by atoms with Crippen LogP contribution in [-0.4, -0.2) is 63.1 Å². The third-order valence-corrected chi connectivity index (χ3v) is 7.81. The Bertz CT molecular complexity index is 1390. The molecule has 0 heterocycles. The fourth-order valence-electron chi connectivity index (χ4n) is 5.07. The van der Waals surface area contributed by atoms with Crippen molar-refractivity contribution in [1.82, 2.24) is 0 Å². The van der Waals surface area contributed by atoms with Crippen LogP contribution in [0.2, 0.25) is 0 Å². The van der Waals surface area contributed by atoms with Gasteiger partial charge in [0.1, 0.15) is 48.4 Å². The second-order valence-electron chi connectivity index (χ2n) is 11.5. The average molecular weight is 615 g/mol. The van der Waals surface area contributed by atoms with Gasteiger partial charge in [0.15, 0.2) is 0 Å². The van der Waals surface area contributed by atoms with Gasteiger partial charge in [-0.05, 0) is 95.5 Å². The minimum Gasteiger partial charge on any atom is -0.497 e. The van der Waals surface area contributed by atoms with E-state index in [0.29, 0.717) is 23.3 Å². The van der Waals surface area contributed by atoms with Crippen molar-refractivity contribution in [2.45, 2.75) is 50.7 Å². The number of ether oxygens (including phenoxy) is 5. The van der Waals surface area contributed by atoms with Crippen molar-refractivity contribution in [3.8, 4) is 23.0 Å². The first-order valence-electron chi connectivity index (χ1n) is 15.5. The highest BCUT2D eigenvalue weighted by Crippen LogP contribution is 2.25. The Balaban J connectivity index is 1.09. The van der Waals surface area contributed by atoms with E-state index in [1.807, 2.05) is 60.7 Å². The molecule has 0 saturated carbocycles. The number of rotatable bonds is 18. The molecule has 4 atom stereocenters. The highest BCUT2D eigenvalue weighted by Gasteiger charge is 2.12. The van der Waals surface area contributed by atoms with Crippen LogP contribution < -0.4 is 18.9 Å². The molecular formula is C38H46O7. The molecule has 0 amide bonds. The van der Waals surface area contributed by atoms with Crippen LogP contribution in [0.15, 0.2) is 97.1 Å². The van der Waals surface area contributed by atoms with E-state index in [-0.39, 0.29) is 26.4 Å². The second-order valence-corrected chi connectivity index (χ2v) is 11.5. The second kappa shape index (κ2) is 17.4. The molecule has 4 aromatic rings. The van der Waals surface area contributed by atoms with Crippen LogP contribution in [0.25, 0.3) is 0 Å². The Labute approximate surface area is 267 Å². The largest absolute Gasteiger partial charge is 0.497 e. The number of methoxy groups -OCH3 is 2. The summed E-state index contributed by atoms with van der Waals surface area (Å²) in [7, 11) is 3.34. The molecule has 4 unspecified atom stereocenters. The molecule has 0 aliphatic rings. The molecule has 240 valence electrons. The third kappa shape index (κ3) is 11.1. The van der Waals surface area contributed by atoms with Crippen molar-refractivity contribution in [2.75, 3.05) is 40.6 Å². The van der Waals surface area contributed by atoms with Gasteiger partial charge in [-0.15, -0.1) is 0 Å². The van der Waals surface area contributed by atoms with E-state index >= 15 is 0 Å². The van der Waals surface area contributed by atoms with Crippen molar-refractivity contribution in [3.05, 3.63) is 119 Å². The molecule has 45 heavy (non-hydrogen) atoms. The number of hydrogen-bond donors (Lipinski definition) is 2. The number of hydrogen-bond acceptors (Lipinski definition) is 7. The fraction of sp³-hybridized carbons (Fsp3) is 0.368. The Morgan fingerprint density at radius 3 is 1.18 bits per heavy atom. The third-order valence-electron chi connectivity index (χ3n) is 7.81. The molecule has 4 aromatic carbocycles. The predicted molar refractivity (Wildman–Crippen MR) is 177 cm³/mol. The molecule has 0 bridgehead atoms. The maximum Gasteiger partial charge on any atom is 0.119 e. The molecule has 4 rings (SSSR count). The summed E-state index contributed by atoms with van der Waals surface area (Å²) in [5.41, 5.74) is 4.94. The summed E-state index contributed by atoms with van der Waals surface area (Å²) in [5, 5.41) is 20.6. The zero-order valence-corrected chi connectivity index (χ0v) is 26.7. The topological polar surface area (TPSA) is 86.6 Å². The number of aliphatic hydroxyl groups excluding tert-OH is 2. The summed E-state index contributed by atoms with van der Waals surface area (Å²) in [5.74, 6) is 3.80. The summed E-state index contributed by atoms with van der Waals surface area (Å²) >= 11 is 0. The zero-order chi connectivity index (χ0) is 32.0. The lowest BCUT2D eigenvalue weighted by Crippen LogP contribution is -2.28. The predicted octanol–water partition coefficient (Wildman–Crippen LogP) is 6.59. The molecule has 0 spiro atoms. The summed E-state index contributed by atoms with van der Waals surface area (Å²) in [6, 6.07) is 32.2. The molecular weight excluding hydrogens is 568 g/mol. The van der Waals surface area contributed by atoms with Crippen LogP contribution >= 0.6 is 0 Å². The normalized spacial score (nSPS) is 13.8. The van der Waals surface area contributed by atoms with Gasteiger partial charge in [0.05, 0.1) is 27.4 Å². The van der Waals surface area contributed by atoms with E-state index in [0.717, 1.165) is 24.3 Å². The molecule has 7 heteroatoms. The van der Waals surface area contributed by atoms with Gasteiger partial charge in [-0.3, -0.25) is 0 Å². The SMILES string of the molecule is COc1ccc(CC(C)c2ccc(OCC(O)COCC(O)COc3ccc(CC(C)c4ccc(OC)cc4)cc3)cc2)cc1. The standard InChI is InChI=1S/C38H46O7/c1-27(31-9-17-36(42-4)18-10-31)22-30-7-15-37(16-8-30)44-25-33(39)23-43-24-34(40)26-45-38-19-11-32(12-20-38)28(2)21-29-5-13-35(41-3)14-6-29/h5-20,27-28,33-34,39-40H,21-26H2,1-4H3. The lowest BCUT2D eigenvalue weighted by Gasteiger charge is -2.17. The van der Waals surface area contributed by atoms with Crippen LogP contribution in [0.1, 0.15) is 47.9 Å². The van der Waals surface area contributed by atoms with E-state index in [4.69, 9.17) is 23.7 Å². The minimum absolute atomic E-state index is 0.0507. The maximum absolute atomic E-state index is 10.3. The zero-order valence-electron chi connectivity index (χ0n) is 26.7. The van der Waals surface area contributed by atoms with E-state index in [1.165, 1.54) is 22.3 Å². The van der Waals surface area contributed by atoms with Gasteiger partial charge in [-0.25, -0.2) is 0 Å². The average Bonchev–Trinajstić information content (AvgIpc) is 3.07. The lowest BCUT2D eigenvalue weighted by atomic mass is 9.94. The quantitative estimate of drug-likeness (QED) is 0.131. The van der Waals surface area contributed by atoms with Crippen molar-refractivity contribution < 1.29 is 33.9 Å². The Hall–Kier alpha value is -4.04. The lowest BCUT2D eigenvalue weighted by molar-refractivity contribution is -0.0308. The van der Waals surface area contributed by atoms with Gasteiger partial charge >= 0.3 is 0 Å². The van der Waals surface area contributed by atoms with Gasteiger partial charge in [0.2, 0.25) is 0 Å². The van der Waals surface area contributed by atoms with Crippen LogP contribution in [0.5, 0.6) is 23.0 Å². The van der Waals surface area contributed by atoms with Crippen molar-refractivity contribution in [1.29, 1.82) is 0 Å². The highest BCUT2D eigenvalue weighted by molar-refractivity contribution is 5.34. The van der Waals surface area contributed by atoms with Crippen LogP contribution in [0, 0.1) is 0 Å². The van der Waals surface area contributed by atoms with Gasteiger partial charge in [-0.1, -0.05) is 62.4 Å². The van der Waals surface area contributed by atoms with Gasteiger partial charge in [0, 0.05) is 0 Å². The Kier molecular flexibility index (Phi) is 13.1. The monoisotopic (exact) mass is 614 g/mol. The van der Waals surface area contributed by atoms with E-state index in [9.17, 15) is 10.2 Å². The molecule has 0 fully saturated rings. The van der Waals surface area contributed by atoms with Gasteiger partial charge < -0.3 is 33.9 Å². The first-order chi connectivity index (χ1) is 21.8. The summed E-state index contributed by atoms with van der Waals surface area (Å²) < 4.78 is 27.5. The smallest absolute Gasteiger partial charge is 0.119 e. The number of aliphatic hydroxyl groups is 2. The van der Waals surface area contributed by atoms with Crippen LogP contribution in [-0.2, 0) is 17.6 Å². The first-order valence-corrected chi connectivity index (χ1v) is 15.5. The molecule has 2 N–H and O–H groups in total. The van der Waals surface area contributed by atoms with Gasteiger partial charge in [-0.2, -0.15) is 0 Å². The van der Waals surface area contributed by atoms with E-state index < -0.39 is 12.2 Å². The van der Waals surface area contributed by atoms with Crippen molar-refractivity contribution in [3.63, 3.8) is 0 Å². The van der Waals surface area contributed by atoms with Crippen LogP contribution in [0.4, 0.5) is 0 Å².